The van der Waals surface area contributed by atoms with Gasteiger partial charge in [-0.3, -0.25) is 0 Å². The van der Waals surface area contributed by atoms with Crippen molar-refractivity contribution in [2.45, 2.75) is 52.9 Å². The molecule has 0 spiro atoms. The molecule has 0 aromatic rings. The molecule has 1 heteroatoms. The lowest BCUT2D eigenvalue weighted by Gasteiger charge is -1.85. The maximum atomic E-state index is 8.20. The number of hydrogen-bond donors (Lipinski definition) is 1. The zero-order chi connectivity index (χ0) is 8.24. The Morgan fingerprint density at radius 1 is 0.800 bits per heavy atom. The fourth-order valence-electron chi connectivity index (χ4n) is 0.362. The van der Waals surface area contributed by atoms with Crippen LogP contribution in [0.15, 0.2) is 0 Å². The molecule has 0 aliphatic rings. The van der Waals surface area contributed by atoms with Crippen molar-refractivity contribution in [1.82, 2.24) is 0 Å². The third-order valence-corrected chi connectivity index (χ3v) is 1.26. The van der Waals surface area contributed by atoms with Crippen molar-refractivity contribution in [3.05, 3.63) is 0 Å². The van der Waals surface area contributed by atoms with Crippen molar-refractivity contribution in [3.8, 4) is 0 Å². The maximum Gasteiger partial charge on any atom is 0.0431 e. The van der Waals surface area contributed by atoms with Gasteiger partial charge in [0.1, 0.15) is 0 Å². The summed E-state index contributed by atoms with van der Waals surface area (Å²) in [5.41, 5.74) is 0. The van der Waals surface area contributed by atoms with Crippen LogP contribution in [0.3, 0.4) is 0 Å². The molecule has 0 bridgehead atoms. The fourth-order valence-corrected chi connectivity index (χ4v) is 0.362. The van der Waals surface area contributed by atoms with Gasteiger partial charge in [-0.25, -0.2) is 0 Å². The third-order valence-electron chi connectivity index (χ3n) is 1.26. The molecule has 0 unspecified atom stereocenters. The van der Waals surface area contributed by atoms with E-state index in [-0.39, 0.29) is 0 Å². The van der Waals surface area contributed by atoms with E-state index in [0.717, 1.165) is 12.8 Å². The number of aliphatic hydroxyl groups is 1. The molecular weight excluding hydrogens is 124 g/mol. The Morgan fingerprint density at radius 3 is 1.40 bits per heavy atom. The van der Waals surface area contributed by atoms with Gasteiger partial charge in [0.15, 0.2) is 0 Å². The Bertz CT molecular complexity index is 29.7. The first-order chi connectivity index (χ1) is 4.83. The molecule has 0 saturated heterocycles. The van der Waals surface area contributed by atoms with Crippen LogP contribution in [0.1, 0.15) is 52.9 Å². The molecule has 0 aromatic carbocycles. The molecule has 0 radical (unpaired) electrons. The number of rotatable bonds is 4. The second kappa shape index (κ2) is 16.0. The normalized spacial score (nSPS) is 8.40. The molecule has 0 heterocycles. The minimum Gasteiger partial charge on any atom is -0.396 e. The molecule has 0 rings (SSSR count). The summed E-state index contributed by atoms with van der Waals surface area (Å²) in [6, 6.07) is 0. The molecule has 0 fully saturated rings. The first-order valence-electron chi connectivity index (χ1n) is 4.44. The Morgan fingerprint density at radius 2 is 1.30 bits per heavy atom. The molecule has 0 aliphatic carbocycles. The van der Waals surface area contributed by atoms with E-state index in [4.69, 9.17) is 5.11 Å². The predicted octanol–water partition coefficient (Wildman–Crippen LogP) is 2.98. The minimum atomic E-state index is 0.355. The standard InChI is InChI=1S/C5H12O.C4H10/c1-2-3-4-5-6;1-3-4-2/h6H,2-5H2,1H3;3-4H2,1-2H3. The molecule has 1 N–H and O–H groups in total. The molecule has 0 aliphatic heterocycles. The van der Waals surface area contributed by atoms with Gasteiger partial charge in [0, 0.05) is 6.61 Å². The second-order valence-corrected chi connectivity index (χ2v) is 2.43. The van der Waals surface area contributed by atoms with Crippen molar-refractivity contribution >= 4 is 0 Å². The average molecular weight is 146 g/mol. The van der Waals surface area contributed by atoms with Gasteiger partial charge in [-0.2, -0.15) is 0 Å². The number of hydrogen-bond acceptors (Lipinski definition) is 1. The van der Waals surface area contributed by atoms with E-state index in [1.165, 1.54) is 19.3 Å². The van der Waals surface area contributed by atoms with E-state index in [9.17, 15) is 0 Å². The lowest BCUT2D eigenvalue weighted by Crippen LogP contribution is -1.78. The van der Waals surface area contributed by atoms with Crippen molar-refractivity contribution in [2.75, 3.05) is 6.61 Å². The van der Waals surface area contributed by atoms with Crippen LogP contribution in [0.25, 0.3) is 0 Å². The summed E-state index contributed by atoms with van der Waals surface area (Å²) in [5.74, 6) is 0. The summed E-state index contributed by atoms with van der Waals surface area (Å²) >= 11 is 0. The highest BCUT2D eigenvalue weighted by Crippen LogP contribution is 1.89. The third kappa shape index (κ3) is 24.6. The van der Waals surface area contributed by atoms with Crippen molar-refractivity contribution in [3.63, 3.8) is 0 Å². The van der Waals surface area contributed by atoms with Crippen LogP contribution < -0.4 is 0 Å². The van der Waals surface area contributed by atoms with Gasteiger partial charge in [-0.1, -0.05) is 46.5 Å². The van der Waals surface area contributed by atoms with E-state index in [1.54, 1.807) is 0 Å². The Balaban J connectivity index is 0. The smallest absolute Gasteiger partial charge is 0.0431 e. The van der Waals surface area contributed by atoms with Gasteiger partial charge in [0.05, 0.1) is 0 Å². The average Bonchev–Trinajstić information content (AvgIpc) is 2.01. The highest BCUT2D eigenvalue weighted by Gasteiger charge is 1.76. The first kappa shape index (κ1) is 12.6. The van der Waals surface area contributed by atoms with E-state index < -0.39 is 0 Å². The maximum absolute atomic E-state index is 8.20. The summed E-state index contributed by atoms with van der Waals surface area (Å²) in [5, 5.41) is 8.20. The SMILES string of the molecule is CCCC.CCCCCO. The van der Waals surface area contributed by atoms with Crippen LogP contribution in [0.2, 0.25) is 0 Å². The van der Waals surface area contributed by atoms with E-state index in [2.05, 4.69) is 20.8 Å². The van der Waals surface area contributed by atoms with Gasteiger partial charge in [0.2, 0.25) is 0 Å². The van der Waals surface area contributed by atoms with Gasteiger partial charge >= 0.3 is 0 Å². The van der Waals surface area contributed by atoms with E-state index in [1.807, 2.05) is 0 Å². The molecule has 0 saturated carbocycles. The zero-order valence-electron chi connectivity index (χ0n) is 7.69. The number of aliphatic hydroxyl groups excluding tert-OH is 1. The highest BCUT2D eigenvalue weighted by molar-refractivity contribution is 4.30. The lowest BCUT2D eigenvalue weighted by molar-refractivity contribution is 0.284. The Hall–Kier alpha value is -0.0400. The van der Waals surface area contributed by atoms with Gasteiger partial charge in [0.25, 0.3) is 0 Å². The van der Waals surface area contributed by atoms with Crippen LogP contribution in [0, 0.1) is 0 Å². The molecular formula is C9H22O. The van der Waals surface area contributed by atoms with Crippen molar-refractivity contribution in [2.24, 2.45) is 0 Å². The summed E-state index contributed by atoms with van der Waals surface area (Å²) in [4.78, 5) is 0. The fraction of sp³-hybridized carbons (Fsp3) is 1.00. The van der Waals surface area contributed by atoms with Crippen LogP contribution in [-0.4, -0.2) is 11.7 Å². The van der Waals surface area contributed by atoms with Crippen LogP contribution in [0.4, 0.5) is 0 Å². The molecule has 0 atom stereocenters. The Kier molecular flexibility index (Phi) is 20.2. The topological polar surface area (TPSA) is 20.2 Å². The predicted molar refractivity (Wildman–Crippen MR) is 47.2 cm³/mol. The molecule has 64 valence electrons. The van der Waals surface area contributed by atoms with Crippen LogP contribution in [-0.2, 0) is 0 Å². The molecule has 1 nitrogen and oxygen atoms in total. The molecule has 10 heavy (non-hydrogen) atoms. The summed E-state index contributed by atoms with van der Waals surface area (Å²) < 4.78 is 0. The van der Waals surface area contributed by atoms with Gasteiger partial charge < -0.3 is 5.11 Å². The Labute approximate surface area is 65.5 Å². The quantitative estimate of drug-likeness (QED) is 0.604. The molecule has 0 amide bonds. The number of unbranched alkanes of at least 4 members (excludes halogenated alkanes) is 3. The van der Waals surface area contributed by atoms with Crippen LogP contribution >= 0.6 is 0 Å². The monoisotopic (exact) mass is 146 g/mol. The van der Waals surface area contributed by atoms with E-state index in [0.29, 0.717) is 6.61 Å². The first-order valence-corrected chi connectivity index (χ1v) is 4.44. The van der Waals surface area contributed by atoms with E-state index >= 15 is 0 Å². The summed E-state index contributed by atoms with van der Waals surface area (Å²) in [6.07, 6.45) is 5.97. The highest BCUT2D eigenvalue weighted by atomic mass is 16.2. The van der Waals surface area contributed by atoms with Gasteiger partial charge in [-0.15, -0.1) is 0 Å². The molecule has 0 aromatic heterocycles. The summed E-state index contributed by atoms with van der Waals surface area (Å²) in [6.45, 7) is 6.84. The second-order valence-electron chi connectivity index (χ2n) is 2.43. The lowest BCUT2D eigenvalue weighted by atomic mass is 10.3. The zero-order valence-corrected chi connectivity index (χ0v) is 7.69. The van der Waals surface area contributed by atoms with Crippen molar-refractivity contribution in [1.29, 1.82) is 0 Å². The largest absolute Gasteiger partial charge is 0.396 e. The van der Waals surface area contributed by atoms with Gasteiger partial charge in [-0.05, 0) is 6.42 Å². The minimum absolute atomic E-state index is 0.355. The van der Waals surface area contributed by atoms with Crippen LogP contribution in [0.5, 0.6) is 0 Å². The summed E-state index contributed by atoms with van der Waals surface area (Å²) in [7, 11) is 0. The van der Waals surface area contributed by atoms with Crippen molar-refractivity contribution < 1.29 is 5.11 Å².